The zero-order chi connectivity index (χ0) is 8.43. The maximum atomic E-state index is 5.72. The molecule has 1 aromatic rings. The molecule has 0 aliphatic rings. The second-order valence-electron chi connectivity index (χ2n) is 2.80. The summed E-state index contributed by atoms with van der Waals surface area (Å²) in [5.41, 5.74) is 9.90. The van der Waals surface area contributed by atoms with Gasteiger partial charge in [0, 0.05) is 5.69 Å². The average Bonchev–Trinajstić information content (AvgIpc) is 1.94. The normalized spacial score (nSPS) is 9.64. The molecule has 0 aliphatic heterocycles. The zero-order valence-corrected chi connectivity index (χ0v) is 7.02. The Balaban J connectivity index is 3.27. The first-order chi connectivity index (χ1) is 5.13. The van der Waals surface area contributed by atoms with E-state index < -0.39 is 0 Å². The van der Waals surface area contributed by atoms with Gasteiger partial charge in [-0.05, 0) is 31.0 Å². The van der Waals surface area contributed by atoms with Crippen LogP contribution in [0.2, 0.25) is 0 Å². The molecule has 0 saturated heterocycles. The number of hydrogen-bond donors (Lipinski definition) is 1. The van der Waals surface area contributed by atoms with Crippen molar-refractivity contribution in [1.29, 1.82) is 0 Å². The van der Waals surface area contributed by atoms with Gasteiger partial charge in [0.1, 0.15) is 0 Å². The molecule has 0 unspecified atom stereocenters. The lowest BCUT2D eigenvalue weighted by Gasteiger charge is -2.06. The second-order valence-corrected chi connectivity index (χ2v) is 2.80. The first-order valence-electron chi connectivity index (χ1n) is 3.64. The number of hydrogen-bond acceptors (Lipinski definition) is 1. The van der Waals surface area contributed by atoms with Crippen LogP contribution in [0.3, 0.4) is 0 Å². The van der Waals surface area contributed by atoms with Crippen molar-refractivity contribution in [1.82, 2.24) is 0 Å². The zero-order valence-electron chi connectivity index (χ0n) is 7.02. The van der Waals surface area contributed by atoms with Crippen molar-refractivity contribution in [2.75, 3.05) is 5.73 Å². The fraction of sp³-hybridized carbons (Fsp3) is 0.200. The van der Waals surface area contributed by atoms with E-state index in [0.29, 0.717) is 0 Å². The molecule has 0 atom stereocenters. The summed E-state index contributed by atoms with van der Waals surface area (Å²) in [5, 5.41) is 0. The molecule has 2 N–H and O–H groups in total. The highest BCUT2D eigenvalue weighted by Gasteiger charge is 1.99. The molecule has 0 saturated carbocycles. The van der Waals surface area contributed by atoms with E-state index in [0.717, 1.165) is 22.4 Å². The summed E-state index contributed by atoms with van der Waals surface area (Å²) in [6.07, 6.45) is 0. The third-order valence-electron chi connectivity index (χ3n) is 1.84. The topological polar surface area (TPSA) is 26.0 Å². The van der Waals surface area contributed by atoms with E-state index in [2.05, 4.69) is 6.58 Å². The quantitative estimate of drug-likeness (QED) is 0.607. The fourth-order valence-corrected chi connectivity index (χ4v) is 1.12. The minimum Gasteiger partial charge on any atom is -0.398 e. The molecular formula is C10H13N. The van der Waals surface area contributed by atoms with Crippen molar-refractivity contribution >= 4 is 11.3 Å². The molecular weight excluding hydrogens is 134 g/mol. The van der Waals surface area contributed by atoms with Crippen molar-refractivity contribution < 1.29 is 0 Å². The summed E-state index contributed by atoms with van der Waals surface area (Å²) in [6, 6.07) is 5.89. The van der Waals surface area contributed by atoms with Crippen LogP contribution in [0.25, 0.3) is 5.57 Å². The maximum absolute atomic E-state index is 5.72. The van der Waals surface area contributed by atoms with Crippen LogP contribution < -0.4 is 5.73 Å². The van der Waals surface area contributed by atoms with Gasteiger partial charge in [-0.15, -0.1) is 0 Å². The third-order valence-corrected chi connectivity index (χ3v) is 1.84. The van der Waals surface area contributed by atoms with Crippen LogP contribution in [0.1, 0.15) is 18.1 Å². The van der Waals surface area contributed by atoms with Crippen molar-refractivity contribution in [3.05, 3.63) is 35.9 Å². The van der Waals surface area contributed by atoms with Gasteiger partial charge in [-0.3, -0.25) is 0 Å². The molecule has 11 heavy (non-hydrogen) atoms. The largest absolute Gasteiger partial charge is 0.398 e. The second kappa shape index (κ2) is 2.79. The van der Waals surface area contributed by atoms with E-state index in [-0.39, 0.29) is 0 Å². The molecule has 0 amide bonds. The summed E-state index contributed by atoms with van der Waals surface area (Å²) in [4.78, 5) is 0. The lowest BCUT2D eigenvalue weighted by Crippen LogP contribution is -1.92. The summed E-state index contributed by atoms with van der Waals surface area (Å²) < 4.78 is 0. The van der Waals surface area contributed by atoms with Crippen LogP contribution in [0.5, 0.6) is 0 Å². The molecule has 58 valence electrons. The number of anilines is 1. The smallest absolute Gasteiger partial charge is 0.0349 e. The highest BCUT2D eigenvalue weighted by molar-refractivity contribution is 5.69. The van der Waals surface area contributed by atoms with E-state index in [1.54, 1.807) is 0 Å². The SMILES string of the molecule is C=C(C)c1cccc(N)c1C. The third kappa shape index (κ3) is 1.43. The van der Waals surface area contributed by atoms with Gasteiger partial charge in [-0.25, -0.2) is 0 Å². The summed E-state index contributed by atoms with van der Waals surface area (Å²) in [6.45, 7) is 7.87. The van der Waals surface area contributed by atoms with Gasteiger partial charge < -0.3 is 5.73 Å². The molecule has 1 heteroatoms. The Hall–Kier alpha value is -1.24. The average molecular weight is 147 g/mol. The Morgan fingerprint density at radius 3 is 2.55 bits per heavy atom. The Morgan fingerprint density at radius 2 is 2.09 bits per heavy atom. The van der Waals surface area contributed by atoms with Gasteiger partial charge in [-0.1, -0.05) is 24.3 Å². The Bertz CT molecular complexity index is 287. The van der Waals surface area contributed by atoms with Gasteiger partial charge in [0.05, 0.1) is 0 Å². The molecule has 0 heterocycles. The Labute approximate surface area is 67.5 Å². The minimum atomic E-state index is 0.838. The van der Waals surface area contributed by atoms with Gasteiger partial charge >= 0.3 is 0 Å². The first kappa shape index (κ1) is 7.86. The molecule has 1 aromatic carbocycles. The van der Waals surface area contributed by atoms with Crippen LogP contribution in [0, 0.1) is 6.92 Å². The van der Waals surface area contributed by atoms with Gasteiger partial charge in [0.15, 0.2) is 0 Å². The molecule has 0 spiro atoms. The van der Waals surface area contributed by atoms with Crippen molar-refractivity contribution in [3.63, 3.8) is 0 Å². The molecule has 0 fully saturated rings. The number of nitrogens with two attached hydrogens (primary N) is 1. The van der Waals surface area contributed by atoms with Crippen molar-refractivity contribution in [2.45, 2.75) is 13.8 Å². The van der Waals surface area contributed by atoms with Crippen LogP contribution in [0.15, 0.2) is 24.8 Å². The number of allylic oxidation sites excluding steroid dienone is 1. The highest BCUT2D eigenvalue weighted by atomic mass is 14.6. The van der Waals surface area contributed by atoms with Gasteiger partial charge in [0.2, 0.25) is 0 Å². The van der Waals surface area contributed by atoms with E-state index in [4.69, 9.17) is 5.73 Å². The predicted molar refractivity (Wildman–Crippen MR) is 50.3 cm³/mol. The van der Waals surface area contributed by atoms with Gasteiger partial charge in [0.25, 0.3) is 0 Å². The van der Waals surface area contributed by atoms with Crippen LogP contribution >= 0.6 is 0 Å². The van der Waals surface area contributed by atoms with E-state index in [1.807, 2.05) is 32.0 Å². The maximum Gasteiger partial charge on any atom is 0.0349 e. The highest BCUT2D eigenvalue weighted by Crippen LogP contribution is 2.20. The van der Waals surface area contributed by atoms with Crippen LogP contribution in [-0.2, 0) is 0 Å². The minimum absolute atomic E-state index is 0.838. The van der Waals surface area contributed by atoms with E-state index in [1.165, 1.54) is 0 Å². The van der Waals surface area contributed by atoms with Gasteiger partial charge in [-0.2, -0.15) is 0 Å². The molecule has 0 aliphatic carbocycles. The molecule has 0 aromatic heterocycles. The Morgan fingerprint density at radius 1 is 1.45 bits per heavy atom. The monoisotopic (exact) mass is 147 g/mol. The Kier molecular flexibility index (Phi) is 1.99. The molecule has 1 rings (SSSR count). The standard InChI is InChI=1S/C10H13N/c1-7(2)9-5-4-6-10(11)8(9)3/h4-6H,1,11H2,2-3H3. The predicted octanol–water partition coefficient (Wildman–Crippen LogP) is 2.61. The lowest BCUT2D eigenvalue weighted by atomic mass is 10.0. The fourth-order valence-electron chi connectivity index (χ4n) is 1.12. The summed E-state index contributed by atoms with van der Waals surface area (Å²) in [7, 11) is 0. The summed E-state index contributed by atoms with van der Waals surface area (Å²) >= 11 is 0. The molecule has 1 nitrogen and oxygen atoms in total. The summed E-state index contributed by atoms with van der Waals surface area (Å²) in [5.74, 6) is 0. The molecule has 0 radical (unpaired) electrons. The van der Waals surface area contributed by atoms with Crippen molar-refractivity contribution in [2.24, 2.45) is 0 Å². The number of rotatable bonds is 1. The first-order valence-corrected chi connectivity index (χ1v) is 3.64. The number of nitrogen functional groups attached to an aromatic ring is 1. The lowest BCUT2D eigenvalue weighted by molar-refractivity contribution is 1.41. The number of benzene rings is 1. The molecule has 0 bridgehead atoms. The van der Waals surface area contributed by atoms with Crippen molar-refractivity contribution in [3.8, 4) is 0 Å². The van der Waals surface area contributed by atoms with Crippen LogP contribution in [-0.4, -0.2) is 0 Å². The van der Waals surface area contributed by atoms with E-state index >= 15 is 0 Å². The van der Waals surface area contributed by atoms with E-state index in [9.17, 15) is 0 Å². The van der Waals surface area contributed by atoms with Crippen LogP contribution in [0.4, 0.5) is 5.69 Å².